The Morgan fingerprint density at radius 2 is 2.21 bits per heavy atom. The first-order chi connectivity index (χ1) is 6.65. The molecule has 0 aromatic heterocycles. The zero-order valence-electron chi connectivity index (χ0n) is 8.09. The van der Waals surface area contributed by atoms with E-state index in [9.17, 15) is 4.39 Å². The van der Waals surface area contributed by atoms with Crippen molar-refractivity contribution in [1.29, 1.82) is 0 Å². The summed E-state index contributed by atoms with van der Waals surface area (Å²) in [5, 5.41) is 9.17. The third-order valence-corrected chi connectivity index (χ3v) is 4.21. The highest BCUT2D eigenvalue weighted by molar-refractivity contribution is 8.01. The molecule has 0 bridgehead atoms. The number of halogens is 1. The van der Waals surface area contributed by atoms with E-state index in [1.54, 1.807) is 17.8 Å². The first kappa shape index (κ1) is 9.99. The number of aliphatic hydroxyl groups is 1. The molecule has 1 aliphatic rings. The van der Waals surface area contributed by atoms with Gasteiger partial charge in [0.05, 0.1) is 6.61 Å². The van der Waals surface area contributed by atoms with E-state index < -0.39 is 0 Å². The molecule has 2 rings (SSSR count). The molecule has 14 heavy (non-hydrogen) atoms. The number of rotatable bonds is 3. The van der Waals surface area contributed by atoms with Crippen molar-refractivity contribution >= 4 is 11.8 Å². The SMILES string of the molecule is Cc1cc(F)ccc1SC1(CO)CC1. The van der Waals surface area contributed by atoms with Crippen LogP contribution >= 0.6 is 11.8 Å². The molecule has 0 spiro atoms. The van der Waals surface area contributed by atoms with E-state index in [-0.39, 0.29) is 17.2 Å². The quantitative estimate of drug-likeness (QED) is 0.831. The maximum absolute atomic E-state index is 12.8. The van der Waals surface area contributed by atoms with Crippen LogP contribution in [0.3, 0.4) is 0 Å². The molecule has 0 saturated heterocycles. The Hall–Kier alpha value is -0.540. The van der Waals surface area contributed by atoms with Crippen molar-refractivity contribution in [2.75, 3.05) is 6.61 Å². The zero-order chi connectivity index (χ0) is 10.2. The van der Waals surface area contributed by atoms with E-state index in [1.807, 2.05) is 6.92 Å². The lowest BCUT2D eigenvalue weighted by atomic mass is 10.2. The molecule has 3 heteroatoms. The van der Waals surface area contributed by atoms with Gasteiger partial charge in [-0.25, -0.2) is 4.39 Å². The molecule has 1 aliphatic carbocycles. The first-order valence-electron chi connectivity index (χ1n) is 4.71. The van der Waals surface area contributed by atoms with Gasteiger partial charge >= 0.3 is 0 Å². The second kappa shape index (κ2) is 3.55. The fourth-order valence-corrected chi connectivity index (χ4v) is 2.59. The highest BCUT2D eigenvalue weighted by atomic mass is 32.2. The largest absolute Gasteiger partial charge is 0.395 e. The van der Waals surface area contributed by atoms with Crippen molar-refractivity contribution in [3.05, 3.63) is 29.6 Å². The normalized spacial score (nSPS) is 18.2. The van der Waals surface area contributed by atoms with Gasteiger partial charge in [-0.2, -0.15) is 0 Å². The number of aryl methyl sites for hydroxylation is 1. The van der Waals surface area contributed by atoms with E-state index >= 15 is 0 Å². The molecule has 1 aromatic carbocycles. The van der Waals surface area contributed by atoms with Crippen molar-refractivity contribution in [3.63, 3.8) is 0 Å². The van der Waals surface area contributed by atoms with E-state index in [1.165, 1.54) is 12.1 Å². The van der Waals surface area contributed by atoms with Crippen molar-refractivity contribution in [2.45, 2.75) is 29.4 Å². The van der Waals surface area contributed by atoms with Crippen LogP contribution in [-0.2, 0) is 0 Å². The standard InChI is InChI=1S/C11H13FOS/c1-8-6-9(12)2-3-10(8)14-11(7-13)4-5-11/h2-3,6,13H,4-5,7H2,1H3. The molecule has 0 unspecified atom stereocenters. The van der Waals surface area contributed by atoms with E-state index in [0.717, 1.165) is 23.3 Å². The molecule has 0 heterocycles. The van der Waals surface area contributed by atoms with Crippen LogP contribution in [0.1, 0.15) is 18.4 Å². The molecular formula is C11H13FOS. The fraction of sp³-hybridized carbons (Fsp3) is 0.455. The molecule has 0 aliphatic heterocycles. The average molecular weight is 212 g/mol. The van der Waals surface area contributed by atoms with Crippen LogP contribution < -0.4 is 0 Å². The minimum atomic E-state index is -0.194. The maximum atomic E-state index is 12.8. The molecule has 1 nitrogen and oxygen atoms in total. The zero-order valence-corrected chi connectivity index (χ0v) is 8.90. The topological polar surface area (TPSA) is 20.2 Å². The van der Waals surface area contributed by atoms with Gasteiger partial charge in [0.2, 0.25) is 0 Å². The van der Waals surface area contributed by atoms with Crippen molar-refractivity contribution < 1.29 is 9.50 Å². The number of thioether (sulfide) groups is 1. The van der Waals surface area contributed by atoms with Gasteiger partial charge in [0.15, 0.2) is 0 Å². The summed E-state index contributed by atoms with van der Waals surface area (Å²) in [5.74, 6) is -0.194. The molecule has 0 atom stereocenters. The van der Waals surface area contributed by atoms with Crippen molar-refractivity contribution in [2.24, 2.45) is 0 Å². The molecule has 1 N–H and O–H groups in total. The third-order valence-electron chi connectivity index (χ3n) is 2.56. The van der Waals surface area contributed by atoms with Gasteiger partial charge in [-0.15, -0.1) is 11.8 Å². The molecular weight excluding hydrogens is 199 g/mol. The second-order valence-electron chi connectivity index (χ2n) is 3.85. The predicted octanol–water partition coefficient (Wildman–Crippen LogP) is 2.75. The fourth-order valence-electron chi connectivity index (χ4n) is 1.39. The Labute approximate surface area is 87.3 Å². The van der Waals surface area contributed by atoms with Crippen LogP contribution in [-0.4, -0.2) is 16.5 Å². The summed E-state index contributed by atoms with van der Waals surface area (Å²) >= 11 is 1.68. The average Bonchev–Trinajstić information content (AvgIpc) is 2.91. The van der Waals surface area contributed by atoms with Gasteiger partial charge in [0.1, 0.15) is 5.82 Å². The molecule has 1 fully saturated rings. The first-order valence-corrected chi connectivity index (χ1v) is 5.53. The smallest absolute Gasteiger partial charge is 0.123 e. The number of hydrogen-bond donors (Lipinski definition) is 1. The maximum Gasteiger partial charge on any atom is 0.123 e. The van der Waals surface area contributed by atoms with Crippen LogP contribution in [0.25, 0.3) is 0 Å². The van der Waals surface area contributed by atoms with Crippen LogP contribution in [0, 0.1) is 12.7 Å². The minimum absolute atomic E-state index is 0.0303. The Kier molecular flexibility index (Phi) is 2.54. The van der Waals surface area contributed by atoms with Crippen LogP contribution in [0.2, 0.25) is 0 Å². The summed E-state index contributed by atoms with van der Waals surface area (Å²) in [6, 6.07) is 4.81. The van der Waals surface area contributed by atoms with E-state index in [4.69, 9.17) is 5.11 Å². The monoisotopic (exact) mass is 212 g/mol. The Morgan fingerprint density at radius 3 is 2.71 bits per heavy atom. The summed E-state index contributed by atoms with van der Waals surface area (Å²) in [7, 11) is 0. The lowest BCUT2D eigenvalue weighted by Gasteiger charge is -2.12. The minimum Gasteiger partial charge on any atom is -0.395 e. The highest BCUT2D eigenvalue weighted by Gasteiger charge is 2.43. The summed E-state index contributed by atoms with van der Waals surface area (Å²) < 4.78 is 12.8. The van der Waals surface area contributed by atoms with Gasteiger partial charge in [0.25, 0.3) is 0 Å². The summed E-state index contributed by atoms with van der Waals surface area (Å²) in [6.07, 6.45) is 2.12. The van der Waals surface area contributed by atoms with Crippen molar-refractivity contribution in [1.82, 2.24) is 0 Å². The molecule has 0 radical (unpaired) electrons. The van der Waals surface area contributed by atoms with E-state index in [2.05, 4.69) is 0 Å². The summed E-state index contributed by atoms with van der Waals surface area (Å²) in [6.45, 7) is 2.12. The predicted molar refractivity (Wildman–Crippen MR) is 56.0 cm³/mol. The summed E-state index contributed by atoms with van der Waals surface area (Å²) in [5.41, 5.74) is 0.953. The van der Waals surface area contributed by atoms with Gasteiger partial charge in [-0.3, -0.25) is 0 Å². The Bertz CT molecular complexity index is 347. The lowest BCUT2D eigenvalue weighted by Crippen LogP contribution is -2.08. The summed E-state index contributed by atoms with van der Waals surface area (Å²) in [4.78, 5) is 1.08. The number of aliphatic hydroxyl groups excluding tert-OH is 1. The molecule has 1 aromatic rings. The second-order valence-corrected chi connectivity index (χ2v) is 5.36. The number of hydrogen-bond acceptors (Lipinski definition) is 2. The lowest BCUT2D eigenvalue weighted by molar-refractivity contribution is 0.289. The van der Waals surface area contributed by atoms with Crippen molar-refractivity contribution in [3.8, 4) is 0 Å². The van der Waals surface area contributed by atoms with Gasteiger partial charge in [0, 0.05) is 9.64 Å². The van der Waals surface area contributed by atoms with Crippen LogP contribution in [0.5, 0.6) is 0 Å². The van der Waals surface area contributed by atoms with Gasteiger partial charge in [-0.1, -0.05) is 0 Å². The Balaban J connectivity index is 2.17. The highest BCUT2D eigenvalue weighted by Crippen LogP contribution is 2.51. The molecule has 1 saturated carbocycles. The van der Waals surface area contributed by atoms with Crippen LogP contribution in [0.15, 0.2) is 23.1 Å². The number of benzene rings is 1. The van der Waals surface area contributed by atoms with Gasteiger partial charge in [-0.05, 0) is 43.5 Å². The van der Waals surface area contributed by atoms with Crippen LogP contribution in [0.4, 0.5) is 4.39 Å². The van der Waals surface area contributed by atoms with Gasteiger partial charge < -0.3 is 5.11 Å². The molecule has 0 amide bonds. The Morgan fingerprint density at radius 1 is 1.50 bits per heavy atom. The van der Waals surface area contributed by atoms with E-state index in [0.29, 0.717) is 0 Å². The third kappa shape index (κ3) is 1.93. The molecule has 76 valence electrons.